The Kier molecular flexibility index (Phi) is 6.37. The van der Waals surface area contributed by atoms with Crippen LogP contribution >= 0.6 is 0 Å². The number of hydrogen-bond donors (Lipinski definition) is 1. The molecule has 0 aliphatic rings. The molecule has 19 heavy (non-hydrogen) atoms. The lowest BCUT2D eigenvalue weighted by molar-refractivity contribution is -0.150. The average molecular weight is 278 g/mol. The summed E-state index contributed by atoms with van der Waals surface area (Å²) in [5.41, 5.74) is 0. The molecule has 0 aromatic carbocycles. The highest BCUT2D eigenvalue weighted by molar-refractivity contribution is 4.97. The number of furan rings is 1. The van der Waals surface area contributed by atoms with Gasteiger partial charge in [0.1, 0.15) is 5.76 Å². The van der Waals surface area contributed by atoms with E-state index in [4.69, 9.17) is 4.42 Å². The van der Waals surface area contributed by atoms with Crippen molar-refractivity contribution in [3.05, 3.63) is 24.2 Å². The van der Waals surface area contributed by atoms with Crippen LogP contribution in [0.25, 0.3) is 0 Å². The molecular formula is C13H21F3N2O. The molecule has 1 atom stereocenters. The van der Waals surface area contributed by atoms with E-state index < -0.39 is 12.7 Å². The number of hydrogen-bond acceptors (Lipinski definition) is 3. The molecular weight excluding hydrogens is 257 g/mol. The maximum Gasteiger partial charge on any atom is 0.401 e. The highest BCUT2D eigenvalue weighted by atomic mass is 19.4. The summed E-state index contributed by atoms with van der Waals surface area (Å²) in [5.74, 6) is 0.782. The summed E-state index contributed by atoms with van der Waals surface area (Å²) in [7, 11) is 0. The third-order valence-corrected chi connectivity index (χ3v) is 2.84. The van der Waals surface area contributed by atoms with Gasteiger partial charge >= 0.3 is 6.18 Å². The maximum atomic E-state index is 12.5. The summed E-state index contributed by atoms with van der Waals surface area (Å²) in [6.45, 7) is 4.30. The van der Waals surface area contributed by atoms with Crippen LogP contribution in [0, 0.1) is 0 Å². The predicted octanol–water partition coefficient (Wildman–Crippen LogP) is 3.03. The van der Waals surface area contributed by atoms with Crippen LogP contribution < -0.4 is 5.32 Å². The zero-order valence-corrected chi connectivity index (χ0v) is 11.3. The minimum Gasteiger partial charge on any atom is -0.468 e. The molecule has 1 aromatic heterocycles. The van der Waals surface area contributed by atoms with Crippen LogP contribution in [0.3, 0.4) is 0 Å². The first kappa shape index (κ1) is 16.0. The van der Waals surface area contributed by atoms with Crippen molar-refractivity contribution in [2.24, 2.45) is 0 Å². The molecule has 1 rings (SSSR count). The second kappa shape index (κ2) is 7.55. The Balaban J connectivity index is 2.36. The van der Waals surface area contributed by atoms with Gasteiger partial charge in [0.2, 0.25) is 0 Å². The van der Waals surface area contributed by atoms with Gasteiger partial charge in [0.15, 0.2) is 0 Å². The number of halogens is 3. The Hall–Kier alpha value is -1.01. The largest absolute Gasteiger partial charge is 0.468 e. The van der Waals surface area contributed by atoms with Crippen LogP contribution in [0.4, 0.5) is 13.2 Å². The molecule has 3 nitrogen and oxygen atoms in total. The molecule has 0 aliphatic carbocycles. The number of nitrogens with zero attached hydrogens (tertiary/aromatic N) is 1. The molecule has 110 valence electrons. The SMILES string of the molecule is CCCN(CC(F)(F)F)C(C)CNCc1ccco1. The Morgan fingerprint density at radius 2 is 2.16 bits per heavy atom. The second-order valence-corrected chi connectivity index (χ2v) is 4.64. The van der Waals surface area contributed by atoms with Crippen molar-refractivity contribution in [1.29, 1.82) is 0 Å². The van der Waals surface area contributed by atoms with Crippen LogP contribution in [0.1, 0.15) is 26.0 Å². The predicted molar refractivity (Wildman–Crippen MR) is 67.8 cm³/mol. The van der Waals surface area contributed by atoms with Crippen LogP contribution in [0.2, 0.25) is 0 Å². The second-order valence-electron chi connectivity index (χ2n) is 4.64. The van der Waals surface area contributed by atoms with Crippen molar-refractivity contribution in [3.63, 3.8) is 0 Å². The topological polar surface area (TPSA) is 28.4 Å². The van der Waals surface area contributed by atoms with Crippen molar-refractivity contribution in [2.45, 2.75) is 39.0 Å². The van der Waals surface area contributed by atoms with Crippen molar-refractivity contribution < 1.29 is 17.6 Å². The van der Waals surface area contributed by atoms with Crippen LogP contribution in [0.15, 0.2) is 22.8 Å². The van der Waals surface area contributed by atoms with Crippen molar-refractivity contribution in [2.75, 3.05) is 19.6 Å². The molecule has 0 spiro atoms. The molecule has 1 unspecified atom stereocenters. The van der Waals surface area contributed by atoms with Gasteiger partial charge in [-0.15, -0.1) is 0 Å². The Morgan fingerprint density at radius 1 is 1.42 bits per heavy atom. The lowest BCUT2D eigenvalue weighted by atomic mass is 10.2. The quantitative estimate of drug-likeness (QED) is 0.792. The maximum absolute atomic E-state index is 12.5. The van der Waals surface area contributed by atoms with Gasteiger partial charge in [-0.25, -0.2) is 0 Å². The number of alkyl halides is 3. The van der Waals surface area contributed by atoms with Crippen molar-refractivity contribution >= 4 is 0 Å². The third kappa shape index (κ3) is 6.63. The molecule has 1 N–H and O–H groups in total. The average Bonchev–Trinajstić information content (AvgIpc) is 2.79. The molecule has 0 saturated carbocycles. The third-order valence-electron chi connectivity index (χ3n) is 2.84. The van der Waals surface area contributed by atoms with Gasteiger partial charge in [0, 0.05) is 12.6 Å². The lowest BCUT2D eigenvalue weighted by Crippen LogP contribution is -2.45. The fourth-order valence-electron chi connectivity index (χ4n) is 1.92. The van der Waals surface area contributed by atoms with Gasteiger partial charge in [0.05, 0.1) is 19.4 Å². The van der Waals surface area contributed by atoms with Crippen molar-refractivity contribution in [1.82, 2.24) is 10.2 Å². The Bertz CT molecular complexity index is 338. The molecule has 0 bridgehead atoms. The zero-order valence-electron chi connectivity index (χ0n) is 11.3. The van der Waals surface area contributed by atoms with E-state index in [1.807, 2.05) is 13.0 Å². The first-order valence-electron chi connectivity index (χ1n) is 6.46. The summed E-state index contributed by atoms with van der Waals surface area (Å²) in [6.07, 6.45) is -1.86. The molecule has 1 aromatic rings. The molecule has 0 aliphatic heterocycles. The van der Waals surface area contributed by atoms with E-state index in [1.165, 1.54) is 4.90 Å². The summed E-state index contributed by atoms with van der Waals surface area (Å²) in [5, 5.41) is 3.11. The van der Waals surface area contributed by atoms with Gasteiger partial charge < -0.3 is 9.73 Å². The fourth-order valence-corrected chi connectivity index (χ4v) is 1.92. The van der Waals surface area contributed by atoms with Gasteiger partial charge in [-0.05, 0) is 32.0 Å². The van der Waals surface area contributed by atoms with Crippen LogP contribution in [-0.2, 0) is 6.54 Å². The summed E-state index contributed by atoms with van der Waals surface area (Å²) >= 11 is 0. The minimum absolute atomic E-state index is 0.170. The fraction of sp³-hybridized carbons (Fsp3) is 0.692. The number of rotatable bonds is 8. The summed E-state index contributed by atoms with van der Waals surface area (Å²) < 4.78 is 42.5. The van der Waals surface area contributed by atoms with E-state index >= 15 is 0 Å². The highest BCUT2D eigenvalue weighted by Gasteiger charge is 2.32. The normalized spacial score (nSPS) is 14.0. The standard InChI is InChI=1S/C13H21F3N2O/c1-3-6-18(10-13(14,15)16)11(2)8-17-9-12-5-4-7-19-12/h4-5,7,11,17H,3,6,8-10H2,1-2H3. The van der Waals surface area contributed by atoms with E-state index in [0.29, 0.717) is 26.1 Å². The first-order valence-corrected chi connectivity index (χ1v) is 6.46. The smallest absolute Gasteiger partial charge is 0.401 e. The van der Waals surface area contributed by atoms with Crippen LogP contribution in [-0.4, -0.2) is 36.8 Å². The monoisotopic (exact) mass is 278 g/mol. The van der Waals surface area contributed by atoms with E-state index in [2.05, 4.69) is 5.32 Å². The van der Waals surface area contributed by atoms with E-state index in [-0.39, 0.29) is 6.04 Å². The van der Waals surface area contributed by atoms with Crippen LogP contribution in [0.5, 0.6) is 0 Å². The lowest BCUT2D eigenvalue weighted by Gasteiger charge is -2.29. The van der Waals surface area contributed by atoms with Crippen molar-refractivity contribution in [3.8, 4) is 0 Å². The molecule has 0 amide bonds. The summed E-state index contributed by atoms with van der Waals surface area (Å²) in [4.78, 5) is 1.45. The first-order chi connectivity index (χ1) is 8.92. The van der Waals surface area contributed by atoms with E-state index in [1.54, 1.807) is 19.3 Å². The molecule has 0 saturated heterocycles. The molecule has 1 heterocycles. The summed E-state index contributed by atoms with van der Waals surface area (Å²) in [6, 6.07) is 3.45. The number of nitrogens with one attached hydrogen (secondary N) is 1. The Labute approximate surface area is 111 Å². The zero-order chi connectivity index (χ0) is 14.3. The molecule has 0 fully saturated rings. The van der Waals surface area contributed by atoms with Gasteiger partial charge in [0.25, 0.3) is 0 Å². The molecule has 0 radical (unpaired) electrons. The molecule has 6 heteroatoms. The van der Waals surface area contributed by atoms with E-state index in [9.17, 15) is 13.2 Å². The van der Waals surface area contributed by atoms with Gasteiger partial charge in [-0.2, -0.15) is 13.2 Å². The minimum atomic E-state index is -4.15. The Morgan fingerprint density at radius 3 is 2.68 bits per heavy atom. The van der Waals surface area contributed by atoms with Gasteiger partial charge in [-0.1, -0.05) is 6.92 Å². The van der Waals surface area contributed by atoms with E-state index in [0.717, 1.165) is 5.76 Å². The van der Waals surface area contributed by atoms with Gasteiger partial charge in [-0.3, -0.25) is 4.90 Å². The highest BCUT2D eigenvalue weighted by Crippen LogP contribution is 2.18.